The van der Waals surface area contributed by atoms with Crippen LogP contribution in [0.3, 0.4) is 0 Å². The molecular formula is C31H36F2N2O2. The predicted molar refractivity (Wildman–Crippen MR) is 146 cm³/mol. The summed E-state index contributed by atoms with van der Waals surface area (Å²) in [5.41, 5.74) is 5.26. The van der Waals surface area contributed by atoms with E-state index in [0.717, 1.165) is 60.4 Å². The number of phenolic OH excluding ortho intramolecular Hbond substituents is 1. The average molecular weight is 507 g/mol. The molecule has 196 valence electrons. The lowest BCUT2D eigenvalue weighted by molar-refractivity contribution is -0.0505. The van der Waals surface area contributed by atoms with Crippen LogP contribution >= 0.6 is 0 Å². The lowest BCUT2D eigenvalue weighted by atomic mass is 9.88. The number of allylic oxidation sites excluding steroid dienone is 1. The first kappa shape index (κ1) is 26.8. The van der Waals surface area contributed by atoms with Crippen LogP contribution < -0.4 is 10.1 Å². The van der Waals surface area contributed by atoms with E-state index in [2.05, 4.69) is 29.3 Å². The summed E-state index contributed by atoms with van der Waals surface area (Å²) >= 11 is 0. The molecule has 3 aromatic carbocycles. The zero-order valence-electron chi connectivity index (χ0n) is 21.4. The maximum absolute atomic E-state index is 14.5. The molecule has 4 nitrogen and oxygen atoms in total. The monoisotopic (exact) mass is 506 g/mol. The lowest BCUT2D eigenvalue weighted by Crippen LogP contribution is -2.44. The first-order chi connectivity index (χ1) is 17.9. The Hall–Kier alpha value is -3.22. The summed E-state index contributed by atoms with van der Waals surface area (Å²) < 4.78 is 34.5. The van der Waals surface area contributed by atoms with Crippen molar-refractivity contribution in [3.05, 3.63) is 95.6 Å². The number of ether oxygens (including phenoxy) is 1. The van der Waals surface area contributed by atoms with Crippen LogP contribution in [0.1, 0.15) is 42.9 Å². The Balaban J connectivity index is 1.47. The zero-order chi connectivity index (χ0) is 26.1. The van der Waals surface area contributed by atoms with E-state index in [1.165, 1.54) is 0 Å². The largest absolute Gasteiger partial charge is 0.508 e. The van der Waals surface area contributed by atoms with Crippen molar-refractivity contribution in [1.29, 1.82) is 0 Å². The van der Waals surface area contributed by atoms with Crippen LogP contribution in [0.15, 0.2) is 78.9 Å². The molecule has 1 heterocycles. The van der Waals surface area contributed by atoms with Crippen molar-refractivity contribution >= 4 is 11.1 Å². The van der Waals surface area contributed by atoms with Gasteiger partial charge in [-0.1, -0.05) is 61.5 Å². The van der Waals surface area contributed by atoms with Crippen molar-refractivity contribution < 1.29 is 18.6 Å². The molecule has 37 heavy (non-hydrogen) atoms. The van der Waals surface area contributed by atoms with E-state index in [-0.39, 0.29) is 12.2 Å². The maximum atomic E-state index is 14.5. The summed E-state index contributed by atoms with van der Waals surface area (Å²) in [7, 11) is 0. The predicted octanol–water partition coefficient (Wildman–Crippen LogP) is 6.46. The topological polar surface area (TPSA) is 44.7 Å². The number of hydrogen-bond acceptors (Lipinski definition) is 4. The van der Waals surface area contributed by atoms with Gasteiger partial charge in [0.2, 0.25) is 0 Å². The van der Waals surface area contributed by atoms with E-state index in [1.807, 2.05) is 42.5 Å². The molecule has 0 saturated carbocycles. The Bertz CT molecular complexity index is 1140. The molecule has 1 aliphatic rings. The van der Waals surface area contributed by atoms with E-state index in [9.17, 15) is 13.9 Å². The molecule has 0 amide bonds. The normalized spacial score (nSPS) is 15.3. The summed E-state index contributed by atoms with van der Waals surface area (Å²) in [5.74, 6) is -2.24. The smallest absolute Gasteiger partial charge is 0.281 e. The van der Waals surface area contributed by atoms with Crippen LogP contribution in [0.5, 0.6) is 11.5 Å². The third kappa shape index (κ3) is 7.63. The number of benzene rings is 3. The highest BCUT2D eigenvalue weighted by Gasteiger charge is 2.30. The quantitative estimate of drug-likeness (QED) is 0.293. The van der Waals surface area contributed by atoms with Gasteiger partial charge >= 0.3 is 0 Å². The minimum atomic E-state index is -2.87. The van der Waals surface area contributed by atoms with Gasteiger partial charge in [-0.3, -0.25) is 0 Å². The minimum Gasteiger partial charge on any atom is -0.508 e. The Kier molecular flexibility index (Phi) is 9.31. The van der Waals surface area contributed by atoms with Crippen molar-refractivity contribution in [2.24, 2.45) is 0 Å². The molecule has 0 unspecified atom stereocenters. The number of halogens is 2. The van der Waals surface area contributed by atoms with Gasteiger partial charge in [0.25, 0.3) is 5.92 Å². The highest BCUT2D eigenvalue weighted by molar-refractivity contribution is 5.98. The molecule has 0 spiro atoms. The van der Waals surface area contributed by atoms with Gasteiger partial charge < -0.3 is 20.1 Å². The molecule has 3 aromatic rings. The molecule has 1 saturated heterocycles. The van der Waals surface area contributed by atoms with Gasteiger partial charge in [0.15, 0.2) is 6.61 Å². The summed E-state index contributed by atoms with van der Waals surface area (Å²) in [4.78, 5) is 2.23. The van der Waals surface area contributed by atoms with Crippen LogP contribution in [-0.2, 0) is 0 Å². The number of aromatic hydroxyl groups is 1. The van der Waals surface area contributed by atoms with Gasteiger partial charge in [-0.25, -0.2) is 8.78 Å². The van der Waals surface area contributed by atoms with Crippen LogP contribution in [0.2, 0.25) is 0 Å². The Morgan fingerprint density at radius 3 is 2.14 bits per heavy atom. The number of nitrogens with one attached hydrogen (secondary N) is 1. The third-order valence-electron chi connectivity index (χ3n) is 6.75. The molecule has 1 fully saturated rings. The molecule has 6 heteroatoms. The van der Waals surface area contributed by atoms with Gasteiger partial charge in [-0.15, -0.1) is 0 Å². The summed E-state index contributed by atoms with van der Waals surface area (Å²) in [6.07, 6.45) is 1.08. The number of alkyl halides is 2. The number of hydrogen-bond donors (Lipinski definition) is 2. The van der Waals surface area contributed by atoms with E-state index in [0.29, 0.717) is 18.7 Å². The minimum absolute atomic E-state index is 0.181. The molecular weight excluding hydrogens is 470 g/mol. The van der Waals surface area contributed by atoms with E-state index < -0.39 is 12.5 Å². The molecule has 0 aliphatic carbocycles. The van der Waals surface area contributed by atoms with Crippen molar-refractivity contribution in [2.45, 2.75) is 32.1 Å². The fourth-order valence-electron chi connectivity index (χ4n) is 4.78. The SMILES string of the molecule is CCC(=C(c1ccc(O)cc1)c1ccc(OCC(F)(F)CCCN2CCNCC2)cc1)c1ccccc1. The first-order valence-corrected chi connectivity index (χ1v) is 13.1. The van der Waals surface area contributed by atoms with Crippen LogP contribution in [0.4, 0.5) is 8.78 Å². The van der Waals surface area contributed by atoms with Gasteiger partial charge in [0.05, 0.1) is 0 Å². The lowest BCUT2D eigenvalue weighted by Gasteiger charge is -2.27. The second kappa shape index (κ2) is 12.8. The second-order valence-corrected chi connectivity index (χ2v) is 9.48. The summed E-state index contributed by atoms with van der Waals surface area (Å²) in [6, 6.07) is 24.7. The van der Waals surface area contributed by atoms with Crippen LogP contribution in [0, 0.1) is 0 Å². The van der Waals surface area contributed by atoms with Gasteiger partial charge in [0.1, 0.15) is 11.5 Å². The molecule has 4 rings (SSSR count). The third-order valence-corrected chi connectivity index (χ3v) is 6.75. The number of nitrogens with zero attached hydrogens (tertiary/aromatic N) is 1. The van der Waals surface area contributed by atoms with Gasteiger partial charge in [-0.05, 0) is 71.5 Å². The van der Waals surface area contributed by atoms with Crippen molar-refractivity contribution in [1.82, 2.24) is 10.2 Å². The van der Waals surface area contributed by atoms with Crippen molar-refractivity contribution in [3.8, 4) is 11.5 Å². The van der Waals surface area contributed by atoms with E-state index >= 15 is 0 Å². The second-order valence-electron chi connectivity index (χ2n) is 9.48. The summed E-state index contributed by atoms with van der Waals surface area (Å²) in [6.45, 7) is 5.86. The number of rotatable bonds is 11. The number of phenols is 1. The Morgan fingerprint density at radius 1 is 0.892 bits per heavy atom. The van der Waals surface area contributed by atoms with Gasteiger partial charge in [-0.2, -0.15) is 0 Å². The van der Waals surface area contributed by atoms with Gasteiger partial charge in [0, 0.05) is 32.6 Å². The summed E-state index contributed by atoms with van der Waals surface area (Å²) in [5, 5.41) is 13.1. The van der Waals surface area contributed by atoms with Crippen molar-refractivity contribution in [2.75, 3.05) is 39.3 Å². The number of piperazine rings is 1. The fourth-order valence-corrected chi connectivity index (χ4v) is 4.78. The fraction of sp³-hybridized carbons (Fsp3) is 0.355. The molecule has 0 atom stereocenters. The molecule has 0 radical (unpaired) electrons. The molecule has 0 aromatic heterocycles. The molecule has 0 bridgehead atoms. The first-order valence-electron chi connectivity index (χ1n) is 13.1. The molecule has 2 N–H and O–H groups in total. The Labute approximate surface area is 218 Å². The Morgan fingerprint density at radius 2 is 1.51 bits per heavy atom. The highest BCUT2D eigenvalue weighted by Crippen LogP contribution is 2.35. The average Bonchev–Trinajstić information content (AvgIpc) is 2.93. The standard InChI is InChI=1S/C31H36F2N2O2/c1-2-29(24-7-4-3-5-8-24)30(25-9-13-27(36)14-10-25)26-11-15-28(16-12-26)37-23-31(32,33)17-6-20-35-21-18-34-19-22-35/h3-5,7-16,34,36H,2,6,17-23H2,1H3. The van der Waals surface area contributed by atoms with Crippen molar-refractivity contribution in [3.63, 3.8) is 0 Å². The highest BCUT2D eigenvalue weighted by atomic mass is 19.3. The van der Waals surface area contributed by atoms with E-state index in [1.54, 1.807) is 24.3 Å². The van der Waals surface area contributed by atoms with Crippen LogP contribution in [0.25, 0.3) is 11.1 Å². The van der Waals surface area contributed by atoms with Crippen LogP contribution in [-0.4, -0.2) is 55.3 Å². The van der Waals surface area contributed by atoms with E-state index in [4.69, 9.17) is 4.74 Å². The maximum Gasteiger partial charge on any atom is 0.281 e. The zero-order valence-corrected chi connectivity index (χ0v) is 21.4. The molecule has 1 aliphatic heterocycles.